The van der Waals surface area contributed by atoms with Crippen molar-refractivity contribution in [3.8, 4) is 0 Å². The van der Waals surface area contributed by atoms with Crippen LogP contribution in [0.25, 0.3) is 0 Å². The van der Waals surface area contributed by atoms with E-state index in [-0.39, 0.29) is 35.2 Å². The van der Waals surface area contributed by atoms with Crippen LogP contribution in [0.3, 0.4) is 0 Å². The highest BCUT2D eigenvalue weighted by molar-refractivity contribution is 7.89. The Bertz CT molecular complexity index is 984. The second-order valence-electron chi connectivity index (χ2n) is 6.46. The van der Waals surface area contributed by atoms with Gasteiger partial charge in [0.1, 0.15) is 5.82 Å². The minimum Gasteiger partial charge on any atom is -0.478 e. The maximum absolute atomic E-state index is 13.7. The molecule has 0 unspecified atom stereocenters. The van der Waals surface area contributed by atoms with Gasteiger partial charge in [0.05, 0.1) is 16.0 Å². The third kappa shape index (κ3) is 4.20. The van der Waals surface area contributed by atoms with Crippen LogP contribution in [-0.4, -0.2) is 48.8 Å². The Kier molecular flexibility index (Phi) is 5.76. The molecule has 0 saturated carbocycles. The number of hydrogen-bond acceptors (Lipinski definition) is 4. The normalized spacial score (nSPS) is 15.9. The third-order valence-electron chi connectivity index (χ3n) is 4.65. The number of carboxylic acid groups (broad SMARTS) is 1. The zero-order valence-corrected chi connectivity index (χ0v) is 15.7. The molecule has 0 atom stereocenters. The number of carbonyl (C=O) groups excluding carboxylic acids is 1. The van der Waals surface area contributed by atoms with Crippen LogP contribution >= 0.6 is 0 Å². The van der Waals surface area contributed by atoms with Crippen LogP contribution in [0.4, 0.5) is 4.39 Å². The molecular weight excluding hydrogens is 387 g/mol. The number of piperidine rings is 1. The number of nitrogens with one attached hydrogen (secondary N) is 1. The van der Waals surface area contributed by atoms with Gasteiger partial charge in [-0.3, -0.25) is 4.79 Å². The molecule has 148 valence electrons. The van der Waals surface area contributed by atoms with E-state index in [0.29, 0.717) is 12.8 Å². The number of amides is 1. The molecule has 0 spiro atoms. The summed E-state index contributed by atoms with van der Waals surface area (Å²) in [6.45, 7) is 0.399. The van der Waals surface area contributed by atoms with E-state index >= 15 is 0 Å². The Morgan fingerprint density at radius 2 is 1.64 bits per heavy atom. The lowest BCUT2D eigenvalue weighted by atomic mass is 10.1. The van der Waals surface area contributed by atoms with Crippen LogP contribution in [0.1, 0.15) is 33.6 Å². The molecule has 2 N–H and O–H groups in total. The van der Waals surface area contributed by atoms with E-state index in [1.165, 1.54) is 46.8 Å². The van der Waals surface area contributed by atoms with Crippen molar-refractivity contribution in [1.29, 1.82) is 0 Å². The van der Waals surface area contributed by atoms with Gasteiger partial charge in [-0.15, -0.1) is 0 Å². The van der Waals surface area contributed by atoms with Gasteiger partial charge in [-0.05, 0) is 49.2 Å². The Labute approximate surface area is 161 Å². The smallest absolute Gasteiger partial charge is 0.335 e. The monoisotopic (exact) mass is 406 g/mol. The van der Waals surface area contributed by atoms with Crippen LogP contribution in [0.2, 0.25) is 0 Å². The van der Waals surface area contributed by atoms with Crippen LogP contribution in [0.15, 0.2) is 53.4 Å². The third-order valence-corrected chi connectivity index (χ3v) is 6.56. The number of aromatic carboxylic acids is 1. The van der Waals surface area contributed by atoms with Crippen molar-refractivity contribution in [2.45, 2.75) is 23.8 Å². The SMILES string of the molecule is O=C(O)c1ccc(S(=O)(=O)N2CCC(NC(=O)c3ccccc3F)CC2)cc1. The van der Waals surface area contributed by atoms with Crippen LogP contribution in [0.5, 0.6) is 0 Å². The number of carbonyl (C=O) groups is 2. The van der Waals surface area contributed by atoms with Crippen molar-refractivity contribution in [2.75, 3.05) is 13.1 Å². The minimum atomic E-state index is -3.75. The summed E-state index contributed by atoms with van der Waals surface area (Å²) in [6.07, 6.45) is 0.791. The molecule has 2 aromatic rings. The summed E-state index contributed by atoms with van der Waals surface area (Å²) in [5.41, 5.74) is -0.0374. The number of halogens is 1. The minimum absolute atomic E-state index is 0.00788. The summed E-state index contributed by atoms with van der Waals surface area (Å²) in [5.74, 6) is -2.26. The van der Waals surface area contributed by atoms with Gasteiger partial charge in [-0.2, -0.15) is 4.31 Å². The summed E-state index contributed by atoms with van der Waals surface area (Å²) in [5, 5.41) is 11.7. The van der Waals surface area contributed by atoms with Gasteiger partial charge in [0.2, 0.25) is 10.0 Å². The maximum atomic E-state index is 13.7. The lowest BCUT2D eigenvalue weighted by molar-refractivity contribution is 0.0696. The molecule has 0 radical (unpaired) electrons. The topological polar surface area (TPSA) is 104 Å². The Morgan fingerprint density at radius 1 is 1.04 bits per heavy atom. The predicted molar refractivity (Wildman–Crippen MR) is 99.0 cm³/mol. The van der Waals surface area contributed by atoms with Crippen molar-refractivity contribution < 1.29 is 27.5 Å². The van der Waals surface area contributed by atoms with Crippen LogP contribution in [0, 0.1) is 5.82 Å². The number of nitrogens with zero attached hydrogens (tertiary/aromatic N) is 1. The van der Waals surface area contributed by atoms with E-state index in [4.69, 9.17) is 5.11 Å². The fraction of sp³-hybridized carbons (Fsp3) is 0.263. The Balaban J connectivity index is 1.62. The van der Waals surface area contributed by atoms with Crippen LogP contribution in [-0.2, 0) is 10.0 Å². The predicted octanol–water partition coefficient (Wildman–Crippen LogP) is 2.11. The van der Waals surface area contributed by atoms with Gasteiger partial charge in [0.25, 0.3) is 5.91 Å². The fourth-order valence-electron chi connectivity index (χ4n) is 3.07. The quantitative estimate of drug-likeness (QED) is 0.792. The zero-order valence-electron chi connectivity index (χ0n) is 14.8. The molecule has 1 aliphatic heterocycles. The molecule has 28 heavy (non-hydrogen) atoms. The van der Waals surface area contributed by atoms with E-state index in [2.05, 4.69) is 5.32 Å². The highest BCUT2D eigenvalue weighted by Gasteiger charge is 2.30. The highest BCUT2D eigenvalue weighted by Crippen LogP contribution is 2.21. The first-order valence-electron chi connectivity index (χ1n) is 8.68. The molecule has 7 nitrogen and oxygen atoms in total. The second-order valence-corrected chi connectivity index (χ2v) is 8.40. The van der Waals surface area contributed by atoms with Crippen molar-refractivity contribution in [1.82, 2.24) is 9.62 Å². The number of carboxylic acids is 1. The largest absolute Gasteiger partial charge is 0.478 e. The van der Waals surface area contributed by atoms with Crippen molar-refractivity contribution in [3.05, 3.63) is 65.5 Å². The number of rotatable bonds is 5. The first-order chi connectivity index (χ1) is 13.3. The zero-order chi connectivity index (χ0) is 20.3. The van der Waals surface area contributed by atoms with Gasteiger partial charge in [0, 0.05) is 19.1 Å². The van der Waals surface area contributed by atoms with Crippen molar-refractivity contribution in [3.63, 3.8) is 0 Å². The molecule has 1 saturated heterocycles. The van der Waals surface area contributed by atoms with Gasteiger partial charge >= 0.3 is 5.97 Å². The summed E-state index contributed by atoms with van der Waals surface area (Å²) in [4.78, 5) is 23.1. The number of sulfonamides is 1. The number of hydrogen-bond donors (Lipinski definition) is 2. The summed E-state index contributed by atoms with van der Waals surface area (Å²) in [7, 11) is -3.75. The molecule has 0 aromatic heterocycles. The molecule has 9 heteroatoms. The standard InChI is InChI=1S/C19H19FN2O5S/c20-17-4-2-1-3-16(17)18(23)21-14-9-11-22(12-10-14)28(26,27)15-7-5-13(6-8-15)19(24)25/h1-8,14H,9-12H2,(H,21,23)(H,24,25). The molecule has 1 aliphatic rings. The Morgan fingerprint density at radius 3 is 2.21 bits per heavy atom. The fourth-order valence-corrected chi connectivity index (χ4v) is 4.54. The van der Waals surface area contributed by atoms with Gasteiger partial charge in [-0.25, -0.2) is 17.6 Å². The van der Waals surface area contributed by atoms with Crippen LogP contribution < -0.4 is 5.32 Å². The van der Waals surface area contributed by atoms with E-state index in [1.54, 1.807) is 6.07 Å². The molecule has 3 rings (SSSR count). The van der Waals surface area contributed by atoms with E-state index in [0.717, 1.165) is 0 Å². The van der Waals surface area contributed by atoms with Gasteiger partial charge < -0.3 is 10.4 Å². The van der Waals surface area contributed by atoms with Crippen molar-refractivity contribution in [2.24, 2.45) is 0 Å². The highest BCUT2D eigenvalue weighted by atomic mass is 32.2. The van der Waals surface area contributed by atoms with E-state index < -0.39 is 27.7 Å². The summed E-state index contributed by atoms with van der Waals surface area (Å²) < 4.78 is 40.4. The van der Waals surface area contributed by atoms with Gasteiger partial charge in [0.15, 0.2) is 0 Å². The lowest BCUT2D eigenvalue weighted by Crippen LogP contribution is -2.46. The number of benzene rings is 2. The summed E-state index contributed by atoms with van der Waals surface area (Å²) in [6, 6.07) is 10.4. The molecule has 0 aliphatic carbocycles. The second kappa shape index (κ2) is 8.07. The average Bonchev–Trinajstić information content (AvgIpc) is 2.68. The molecule has 0 bridgehead atoms. The molecule has 1 heterocycles. The lowest BCUT2D eigenvalue weighted by Gasteiger charge is -2.31. The molecular formula is C19H19FN2O5S. The van der Waals surface area contributed by atoms with Gasteiger partial charge in [-0.1, -0.05) is 12.1 Å². The molecule has 1 fully saturated rings. The van der Waals surface area contributed by atoms with E-state index in [1.807, 2.05) is 0 Å². The summed E-state index contributed by atoms with van der Waals surface area (Å²) >= 11 is 0. The first-order valence-corrected chi connectivity index (χ1v) is 10.1. The molecule has 1 amide bonds. The molecule has 2 aromatic carbocycles. The first kappa shape index (κ1) is 20.0. The maximum Gasteiger partial charge on any atom is 0.335 e. The average molecular weight is 406 g/mol. The van der Waals surface area contributed by atoms with Crippen molar-refractivity contribution >= 4 is 21.9 Å². The Hall–Kier alpha value is -2.78. The van der Waals surface area contributed by atoms with E-state index in [9.17, 15) is 22.4 Å².